The van der Waals surface area contributed by atoms with Gasteiger partial charge in [-0.1, -0.05) is 42.3 Å². The molecule has 3 atom stereocenters. The first-order chi connectivity index (χ1) is 8.58. The van der Waals surface area contributed by atoms with Crippen molar-refractivity contribution in [2.75, 3.05) is 6.54 Å². The number of halogens is 2. The average Bonchev–Trinajstić information content (AvgIpc) is 2.32. The van der Waals surface area contributed by atoms with Crippen molar-refractivity contribution in [3.8, 4) is 0 Å². The highest BCUT2D eigenvalue weighted by Gasteiger charge is 2.23. The molecule has 2 N–H and O–H groups in total. The van der Waals surface area contributed by atoms with Gasteiger partial charge in [-0.15, -0.1) is 0 Å². The standard InChI is InChI=1S/C14H19Cl2NO/c1-9-5-6-17-10(7-9)8-13(18)11-3-2-4-12(15)14(11)16/h2-4,9-10,13,17-18H,5-8H2,1H3. The molecule has 2 nitrogen and oxygen atoms in total. The maximum absolute atomic E-state index is 10.3. The zero-order valence-electron chi connectivity index (χ0n) is 10.5. The van der Waals surface area contributed by atoms with Crippen LogP contribution in [0.3, 0.4) is 0 Å². The summed E-state index contributed by atoms with van der Waals surface area (Å²) in [5.74, 6) is 0.721. The molecule has 1 saturated heterocycles. The number of nitrogens with one attached hydrogen (secondary N) is 1. The summed E-state index contributed by atoms with van der Waals surface area (Å²) in [6, 6.07) is 5.76. The maximum atomic E-state index is 10.3. The van der Waals surface area contributed by atoms with E-state index >= 15 is 0 Å². The van der Waals surface area contributed by atoms with Gasteiger partial charge < -0.3 is 10.4 Å². The van der Waals surface area contributed by atoms with Crippen LogP contribution in [0, 0.1) is 5.92 Å². The second-order valence-electron chi connectivity index (χ2n) is 5.18. The number of hydrogen-bond acceptors (Lipinski definition) is 2. The monoisotopic (exact) mass is 287 g/mol. The van der Waals surface area contributed by atoms with E-state index in [1.54, 1.807) is 6.07 Å². The van der Waals surface area contributed by atoms with E-state index in [1.807, 2.05) is 12.1 Å². The van der Waals surface area contributed by atoms with E-state index in [2.05, 4.69) is 12.2 Å². The van der Waals surface area contributed by atoms with Gasteiger partial charge in [-0.25, -0.2) is 0 Å². The van der Waals surface area contributed by atoms with E-state index in [0.29, 0.717) is 22.5 Å². The molecule has 3 unspecified atom stereocenters. The lowest BCUT2D eigenvalue weighted by Gasteiger charge is -2.30. The van der Waals surface area contributed by atoms with Crippen LogP contribution in [-0.2, 0) is 0 Å². The third-order valence-corrected chi connectivity index (χ3v) is 4.44. The van der Waals surface area contributed by atoms with Crippen LogP contribution < -0.4 is 5.32 Å². The van der Waals surface area contributed by atoms with Gasteiger partial charge in [0.25, 0.3) is 0 Å². The molecule has 0 bridgehead atoms. The number of piperidine rings is 1. The number of hydrogen-bond donors (Lipinski definition) is 2. The van der Waals surface area contributed by atoms with E-state index < -0.39 is 6.10 Å². The Morgan fingerprint density at radius 2 is 2.22 bits per heavy atom. The molecule has 0 aliphatic carbocycles. The molecule has 1 aliphatic rings. The van der Waals surface area contributed by atoms with Gasteiger partial charge in [-0.2, -0.15) is 0 Å². The van der Waals surface area contributed by atoms with Crippen molar-refractivity contribution in [1.29, 1.82) is 0 Å². The molecule has 0 saturated carbocycles. The molecule has 0 spiro atoms. The highest BCUT2D eigenvalue weighted by molar-refractivity contribution is 6.42. The molecule has 0 radical (unpaired) electrons. The van der Waals surface area contributed by atoms with Crippen LogP contribution in [0.5, 0.6) is 0 Å². The Bertz CT molecular complexity index is 411. The maximum Gasteiger partial charge on any atom is 0.0819 e. The third-order valence-electron chi connectivity index (χ3n) is 3.61. The summed E-state index contributed by atoms with van der Waals surface area (Å²) in [4.78, 5) is 0. The van der Waals surface area contributed by atoms with Crippen molar-refractivity contribution in [3.63, 3.8) is 0 Å². The molecule has 1 aromatic carbocycles. The van der Waals surface area contributed by atoms with Gasteiger partial charge >= 0.3 is 0 Å². The first kappa shape index (κ1) is 14.1. The van der Waals surface area contributed by atoms with Gasteiger partial charge in [0, 0.05) is 11.6 Å². The molecule has 1 aromatic rings. The number of aliphatic hydroxyl groups is 1. The lowest BCUT2D eigenvalue weighted by atomic mass is 9.90. The van der Waals surface area contributed by atoms with Crippen molar-refractivity contribution in [2.45, 2.75) is 38.3 Å². The predicted octanol–water partition coefficient (Wildman–Crippen LogP) is 3.81. The smallest absolute Gasteiger partial charge is 0.0819 e. The molecule has 2 rings (SSSR count). The van der Waals surface area contributed by atoms with Crippen molar-refractivity contribution >= 4 is 23.2 Å². The minimum Gasteiger partial charge on any atom is -0.388 e. The van der Waals surface area contributed by atoms with Gasteiger partial charge in [-0.3, -0.25) is 0 Å². The molecule has 18 heavy (non-hydrogen) atoms. The fourth-order valence-electron chi connectivity index (χ4n) is 2.57. The normalized spacial score (nSPS) is 26.0. The molecule has 1 heterocycles. The summed E-state index contributed by atoms with van der Waals surface area (Å²) in [7, 11) is 0. The molecule has 1 fully saturated rings. The fraction of sp³-hybridized carbons (Fsp3) is 0.571. The van der Waals surface area contributed by atoms with Gasteiger partial charge in [-0.05, 0) is 37.8 Å². The first-order valence-corrected chi connectivity index (χ1v) is 7.19. The number of benzene rings is 1. The number of aliphatic hydroxyl groups excluding tert-OH is 1. The lowest BCUT2D eigenvalue weighted by molar-refractivity contribution is 0.138. The van der Waals surface area contributed by atoms with Gasteiger partial charge in [0.05, 0.1) is 16.1 Å². The Labute approximate surface area is 118 Å². The number of rotatable bonds is 3. The van der Waals surface area contributed by atoms with E-state index in [0.717, 1.165) is 24.4 Å². The molecule has 0 amide bonds. The first-order valence-electron chi connectivity index (χ1n) is 6.43. The van der Waals surface area contributed by atoms with Gasteiger partial charge in [0.1, 0.15) is 0 Å². The summed E-state index contributed by atoms with van der Waals surface area (Å²) >= 11 is 12.1. The Balaban J connectivity index is 2.02. The zero-order chi connectivity index (χ0) is 13.1. The largest absolute Gasteiger partial charge is 0.388 e. The summed E-state index contributed by atoms with van der Waals surface area (Å²) in [6.07, 6.45) is 2.45. The van der Waals surface area contributed by atoms with Crippen molar-refractivity contribution < 1.29 is 5.11 Å². The summed E-state index contributed by atoms with van der Waals surface area (Å²) in [5.41, 5.74) is 0.726. The van der Waals surface area contributed by atoms with Crippen LogP contribution in [0.4, 0.5) is 0 Å². The minimum absolute atomic E-state index is 0.360. The molecular weight excluding hydrogens is 269 g/mol. The highest BCUT2D eigenvalue weighted by atomic mass is 35.5. The zero-order valence-corrected chi connectivity index (χ0v) is 12.0. The molecular formula is C14H19Cl2NO. The van der Waals surface area contributed by atoms with Crippen molar-refractivity contribution in [2.24, 2.45) is 5.92 Å². The van der Waals surface area contributed by atoms with E-state index in [-0.39, 0.29) is 0 Å². The Hall–Kier alpha value is -0.280. The van der Waals surface area contributed by atoms with Crippen LogP contribution in [0.2, 0.25) is 10.0 Å². The SMILES string of the molecule is CC1CCNC(CC(O)c2cccc(Cl)c2Cl)C1. The van der Waals surface area contributed by atoms with Crippen molar-refractivity contribution in [3.05, 3.63) is 33.8 Å². The van der Waals surface area contributed by atoms with Crippen LogP contribution in [0.1, 0.15) is 37.9 Å². The van der Waals surface area contributed by atoms with Crippen LogP contribution >= 0.6 is 23.2 Å². The van der Waals surface area contributed by atoms with E-state index in [4.69, 9.17) is 23.2 Å². The second-order valence-corrected chi connectivity index (χ2v) is 5.96. The average molecular weight is 288 g/mol. The van der Waals surface area contributed by atoms with Crippen LogP contribution in [0.25, 0.3) is 0 Å². The topological polar surface area (TPSA) is 32.3 Å². The summed E-state index contributed by atoms with van der Waals surface area (Å²) in [5, 5.41) is 14.7. The Morgan fingerprint density at radius 3 is 2.94 bits per heavy atom. The molecule has 1 aliphatic heterocycles. The molecule has 100 valence electrons. The van der Waals surface area contributed by atoms with Gasteiger partial charge in [0.15, 0.2) is 0 Å². The molecule has 4 heteroatoms. The summed E-state index contributed by atoms with van der Waals surface area (Å²) < 4.78 is 0. The molecule has 0 aromatic heterocycles. The quantitative estimate of drug-likeness (QED) is 0.886. The van der Waals surface area contributed by atoms with Gasteiger partial charge in [0.2, 0.25) is 0 Å². The highest BCUT2D eigenvalue weighted by Crippen LogP contribution is 2.33. The summed E-state index contributed by atoms with van der Waals surface area (Å²) in [6.45, 7) is 3.29. The lowest BCUT2D eigenvalue weighted by Crippen LogP contribution is -2.38. The fourth-order valence-corrected chi connectivity index (χ4v) is 3.01. The second kappa shape index (κ2) is 6.25. The third kappa shape index (κ3) is 3.39. The van der Waals surface area contributed by atoms with Crippen LogP contribution in [-0.4, -0.2) is 17.7 Å². The Kier molecular flexibility index (Phi) is 4.91. The Morgan fingerprint density at radius 1 is 1.44 bits per heavy atom. The predicted molar refractivity (Wildman–Crippen MR) is 76.2 cm³/mol. The van der Waals surface area contributed by atoms with E-state index in [9.17, 15) is 5.11 Å². The van der Waals surface area contributed by atoms with Crippen molar-refractivity contribution in [1.82, 2.24) is 5.32 Å². The minimum atomic E-state index is -0.556. The van der Waals surface area contributed by atoms with E-state index in [1.165, 1.54) is 6.42 Å². The van der Waals surface area contributed by atoms with Crippen LogP contribution in [0.15, 0.2) is 18.2 Å².